The van der Waals surface area contributed by atoms with Crippen LogP contribution in [0.25, 0.3) is 0 Å². The average molecular weight is 444 g/mol. The van der Waals surface area contributed by atoms with Gasteiger partial charge in [-0.05, 0) is 45.2 Å². The van der Waals surface area contributed by atoms with Crippen LogP contribution in [-0.2, 0) is 31.7 Å². The van der Waals surface area contributed by atoms with Gasteiger partial charge in [0.2, 0.25) is 5.91 Å². The van der Waals surface area contributed by atoms with E-state index in [2.05, 4.69) is 16.6 Å². The lowest BCUT2D eigenvalue weighted by Crippen LogP contribution is -2.49. The van der Waals surface area contributed by atoms with Crippen molar-refractivity contribution < 1.29 is 37.0 Å². The predicted octanol–water partition coefficient (Wildman–Crippen LogP) is 3.68. The van der Waals surface area contributed by atoms with Crippen molar-refractivity contribution >= 4 is 18.0 Å². The molecule has 0 aliphatic carbocycles. The highest BCUT2D eigenvalue weighted by atomic mass is 19.4. The molecule has 1 aromatic carbocycles. The second kappa shape index (κ2) is 10.3. The molecule has 1 N–H and O–H groups in total. The highest BCUT2D eigenvalue weighted by Crippen LogP contribution is 2.29. The van der Waals surface area contributed by atoms with Crippen LogP contribution < -0.4 is 5.32 Å². The zero-order valence-corrected chi connectivity index (χ0v) is 18.1. The molecule has 0 unspecified atom stereocenters. The lowest BCUT2D eigenvalue weighted by molar-refractivity contribution is -0.142. The molecule has 0 saturated heterocycles. The number of rotatable bonds is 7. The van der Waals surface area contributed by atoms with Crippen LogP contribution in [0.2, 0.25) is 0 Å². The molecule has 0 aromatic heterocycles. The smallest absolute Gasteiger partial charge is 0.416 e. The zero-order valence-electron chi connectivity index (χ0n) is 18.1. The average Bonchev–Trinajstić information content (AvgIpc) is 2.66. The predicted molar refractivity (Wildman–Crippen MR) is 107 cm³/mol. The van der Waals surface area contributed by atoms with Crippen molar-refractivity contribution in [3.05, 3.63) is 47.7 Å². The fourth-order valence-electron chi connectivity index (χ4n) is 2.54. The van der Waals surface area contributed by atoms with Crippen LogP contribution in [0.5, 0.6) is 0 Å². The van der Waals surface area contributed by atoms with Crippen LogP contribution in [-0.4, -0.2) is 48.7 Å². The monoisotopic (exact) mass is 444 g/mol. The Morgan fingerprint density at radius 1 is 1.19 bits per heavy atom. The van der Waals surface area contributed by atoms with Gasteiger partial charge in [0.25, 0.3) is 0 Å². The quantitative estimate of drug-likeness (QED) is 0.512. The van der Waals surface area contributed by atoms with Gasteiger partial charge in [0.1, 0.15) is 17.3 Å². The molecule has 0 saturated carbocycles. The molecule has 0 bridgehead atoms. The molecular weight excluding hydrogens is 417 g/mol. The van der Waals surface area contributed by atoms with E-state index in [4.69, 9.17) is 4.74 Å². The van der Waals surface area contributed by atoms with E-state index in [1.165, 1.54) is 19.2 Å². The molecule has 2 amide bonds. The standard InChI is InChI=1S/C21H27F3N2O5/c1-13(18(28)30-6)26(5)17(27)16(25-19(29)31-20(2,3)4)11-10-14-8-7-9-15(12-14)21(22,23)24/h7-9,12,16H,1,10-11H2,2-6H3,(H,25,29)/t16-/m1/s1. The Kier molecular flexibility index (Phi) is 8.65. The summed E-state index contributed by atoms with van der Waals surface area (Å²) in [4.78, 5) is 37.6. The number of likely N-dealkylation sites (N-methyl/N-ethyl adjacent to an activating group) is 1. The molecule has 0 aliphatic rings. The molecule has 1 rings (SSSR count). The SMILES string of the molecule is C=C(C(=O)OC)N(C)C(=O)[C@@H](CCc1cccc(C(F)(F)F)c1)NC(=O)OC(C)(C)C. The van der Waals surface area contributed by atoms with E-state index in [9.17, 15) is 27.6 Å². The molecular formula is C21H27F3N2O5. The number of nitrogens with zero attached hydrogens (tertiary/aromatic N) is 1. The maximum atomic E-state index is 12.9. The summed E-state index contributed by atoms with van der Waals surface area (Å²) < 4.78 is 48.5. The number of hydrogen-bond donors (Lipinski definition) is 1. The van der Waals surface area contributed by atoms with Crippen LogP contribution in [0, 0.1) is 0 Å². The number of aryl methyl sites for hydroxylation is 1. The number of hydrogen-bond acceptors (Lipinski definition) is 5. The summed E-state index contributed by atoms with van der Waals surface area (Å²) in [6, 6.07) is 3.49. The van der Waals surface area contributed by atoms with Crippen LogP contribution in [0.3, 0.4) is 0 Å². The van der Waals surface area contributed by atoms with Crippen molar-refractivity contribution in [2.45, 2.75) is 51.4 Å². The number of carbonyl (C=O) groups is 3. The van der Waals surface area contributed by atoms with Gasteiger partial charge in [0.15, 0.2) is 0 Å². The molecule has 0 aliphatic heterocycles. The molecule has 172 valence electrons. The van der Waals surface area contributed by atoms with Gasteiger partial charge in [0, 0.05) is 7.05 Å². The number of amides is 2. The highest BCUT2D eigenvalue weighted by molar-refractivity contribution is 5.95. The minimum absolute atomic E-state index is 0.0435. The number of alkyl carbamates (subject to hydrolysis) is 1. The maximum Gasteiger partial charge on any atom is 0.416 e. The third-order valence-electron chi connectivity index (χ3n) is 4.12. The summed E-state index contributed by atoms with van der Waals surface area (Å²) in [5.41, 5.74) is -1.58. The fraction of sp³-hybridized carbons (Fsp3) is 0.476. The third kappa shape index (κ3) is 8.31. The fourth-order valence-corrected chi connectivity index (χ4v) is 2.54. The molecule has 7 nitrogen and oxygen atoms in total. The van der Waals surface area contributed by atoms with E-state index in [0.29, 0.717) is 5.56 Å². The number of carbonyl (C=O) groups excluding carboxylic acids is 3. The first kappa shape index (κ1) is 26.0. The van der Waals surface area contributed by atoms with Gasteiger partial charge in [-0.1, -0.05) is 24.8 Å². The second-order valence-corrected chi connectivity index (χ2v) is 7.77. The number of alkyl halides is 3. The Morgan fingerprint density at radius 2 is 1.81 bits per heavy atom. The molecule has 1 atom stereocenters. The Hall–Kier alpha value is -3.04. The maximum absolute atomic E-state index is 12.9. The number of ether oxygens (including phenoxy) is 2. The van der Waals surface area contributed by atoms with E-state index in [1.807, 2.05) is 0 Å². The van der Waals surface area contributed by atoms with E-state index in [1.54, 1.807) is 20.8 Å². The van der Waals surface area contributed by atoms with Gasteiger partial charge in [-0.2, -0.15) is 13.2 Å². The number of halogens is 3. The van der Waals surface area contributed by atoms with Gasteiger partial charge in [0.05, 0.1) is 12.7 Å². The molecule has 10 heteroatoms. The molecule has 0 radical (unpaired) electrons. The summed E-state index contributed by atoms with van der Waals surface area (Å²) in [5, 5.41) is 2.41. The molecule has 1 aromatic rings. The number of esters is 1. The van der Waals surface area contributed by atoms with Crippen molar-refractivity contribution in [2.24, 2.45) is 0 Å². The van der Waals surface area contributed by atoms with Crippen molar-refractivity contribution in [1.29, 1.82) is 0 Å². The van der Waals surface area contributed by atoms with Gasteiger partial charge < -0.3 is 19.7 Å². The van der Waals surface area contributed by atoms with Gasteiger partial charge in [-0.15, -0.1) is 0 Å². The summed E-state index contributed by atoms with van der Waals surface area (Å²) in [6.45, 7) is 8.39. The van der Waals surface area contributed by atoms with E-state index >= 15 is 0 Å². The van der Waals surface area contributed by atoms with Gasteiger partial charge in [-0.3, -0.25) is 4.79 Å². The number of methoxy groups -OCH3 is 1. The first-order valence-electron chi connectivity index (χ1n) is 9.36. The van der Waals surface area contributed by atoms with Crippen LogP contribution >= 0.6 is 0 Å². The Bertz CT molecular complexity index is 831. The first-order valence-corrected chi connectivity index (χ1v) is 9.36. The second-order valence-electron chi connectivity index (χ2n) is 7.77. The van der Waals surface area contributed by atoms with E-state index in [-0.39, 0.29) is 18.5 Å². The van der Waals surface area contributed by atoms with E-state index in [0.717, 1.165) is 24.1 Å². The molecule has 31 heavy (non-hydrogen) atoms. The molecule has 0 spiro atoms. The van der Waals surface area contributed by atoms with Crippen molar-refractivity contribution in [2.75, 3.05) is 14.2 Å². The summed E-state index contributed by atoms with van der Waals surface area (Å²) in [7, 11) is 2.39. The number of nitrogens with one attached hydrogen (secondary N) is 1. The minimum Gasteiger partial charge on any atom is -0.464 e. The normalized spacial score (nSPS) is 12.5. The molecule has 0 fully saturated rings. The lowest BCUT2D eigenvalue weighted by atomic mass is 10.0. The van der Waals surface area contributed by atoms with Crippen LogP contribution in [0.4, 0.5) is 18.0 Å². The van der Waals surface area contributed by atoms with Crippen molar-refractivity contribution in [1.82, 2.24) is 10.2 Å². The van der Waals surface area contributed by atoms with E-state index < -0.39 is 41.4 Å². The minimum atomic E-state index is -4.50. The number of benzene rings is 1. The van der Waals surface area contributed by atoms with Crippen LogP contribution in [0.1, 0.15) is 38.3 Å². The van der Waals surface area contributed by atoms with Gasteiger partial charge in [-0.25, -0.2) is 9.59 Å². The largest absolute Gasteiger partial charge is 0.464 e. The summed E-state index contributed by atoms with van der Waals surface area (Å²) in [5.74, 6) is -1.54. The topological polar surface area (TPSA) is 84.9 Å². The first-order chi connectivity index (χ1) is 14.2. The summed E-state index contributed by atoms with van der Waals surface area (Å²) in [6.07, 6.45) is -5.38. The van der Waals surface area contributed by atoms with Crippen molar-refractivity contribution in [3.8, 4) is 0 Å². The summed E-state index contributed by atoms with van der Waals surface area (Å²) >= 11 is 0. The lowest BCUT2D eigenvalue weighted by Gasteiger charge is -2.26. The Morgan fingerprint density at radius 3 is 2.32 bits per heavy atom. The van der Waals surface area contributed by atoms with Gasteiger partial charge >= 0.3 is 18.2 Å². The zero-order chi connectivity index (χ0) is 24.0. The Balaban J connectivity index is 3.05. The van der Waals surface area contributed by atoms with Crippen molar-refractivity contribution in [3.63, 3.8) is 0 Å². The third-order valence-corrected chi connectivity index (χ3v) is 4.12. The Labute approximate surface area is 179 Å². The van der Waals surface area contributed by atoms with Crippen LogP contribution in [0.15, 0.2) is 36.5 Å². The highest BCUT2D eigenvalue weighted by Gasteiger charge is 2.31. The molecule has 0 heterocycles.